The van der Waals surface area contributed by atoms with Crippen LogP contribution in [0.15, 0.2) is 18.2 Å². The van der Waals surface area contributed by atoms with E-state index in [1.54, 1.807) is 18.2 Å². The molecule has 104 valence electrons. The molecule has 0 aliphatic heterocycles. The van der Waals surface area contributed by atoms with Crippen molar-refractivity contribution in [1.29, 1.82) is 0 Å². The number of nitrogens with one attached hydrogen (secondary N) is 1. The number of amides is 1. The van der Waals surface area contributed by atoms with Crippen LogP contribution in [-0.4, -0.2) is 24.2 Å². The first-order valence-electron chi connectivity index (χ1n) is 6.65. The van der Waals surface area contributed by atoms with Crippen molar-refractivity contribution in [1.82, 2.24) is 5.32 Å². The lowest BCUT2D eigenvalue weighted by Gasteiger charge is -2.17. The maximum atomic E-state index is 12.0. The molecular formula is C14H21N3O2. The average molecular weight is 263 g/mol. The average Bonchev–Trinajstić information content (AvgIpc) is 2.82. The van der Waals surface area contributed by atoms with Crippen molar-refractivity contribution in [2.24, 2.45) is 11.8 Å². The lowest BCUT2D eigenvalue weighted by Crippen LogP contribution is -2.31. The van der Waals surface area contributed by atoms with Gasteiger partial charge >= 0.3 is 0 Å². The molecule has 5 nitrogen and oxygen atoms in total. The van der Waals surface area contributed by atoms with Crippen LogP contribution in [0.25, 0.3) is 0 Å². The van der Waals surface area contributed by atoms with Crippen LogP contribution in [0.4, 0.5) is 11.4 Å². The van der Waals surface area contributed by atoms with Gasteiger partial charge in [0.05, 0.1) is 0 Å². The van der Waals surface area contributed by atoms with Gasteiger partial charge in [-0.15, -0.1) is 0 Å². The van der Waals surface area contributed by atoms with E-state index in [1.165, 1.54) is 0 Å². The molecule has 1 aliphatic carbocycles. The van der Waals surface area contributed by atoms with E-state index in [2.05, 4.69) is 5.32 Å². The Labute approximate surface area is 113 Å². The summed E-state index contributed by atoms with van der Waals surface area (Å²) in [6, 6.07) is 4.85. The highest BCUT2D eigenvalue weighted by Gasteiger charge is 2.26. The van der Waals surface area contributed by atoms with Crippen molar-refractivity contribution < 1.29 is 9.90 Å². The van der Waals surface area contributed by atoms with Crippen LogP contribution < -0.4 is 16.8 Å². The molecule has 19 heavy (non-hydrogen) atoms. The quantitative estimate of drug-likeness (QED) is 0.608. The summed E-state index contributed by atoms with van der Waals surface area (Å²) in [6.07, 6.45) is 3.23. The van der Waals surface area contributed by atoms with Crippen LogP contribution in [0, 0.1) is 11.8 Å². The molecule has 2 rings (SSSR count). The topological polar surface area (TPSA) is 101 Å². The minimum Gasteiger partial charge on any atom is -0.399 e. The highest BCUT2D eigenvalue weighted by Crippen LogP contribution is 2.30. The number of anilines is 2. The molecule has 0 bridgehead atoms. The van der Waals surface area contributed by atoms with Crippen molar-refractivity contribution in [2.75, 3.05) is 24.6 Å². The molecule has 0 radical (unpaired) electrons. The number of rotatable bonds is 4. The van der Waals surface area contributed by atoms with E-state index < -0.39 is 0 Å². The van der Waals surface area contributed by atoms with E-state index in [4.69, 9.17) is 11.5 Å². The van der Waals surface area contributed by atoms with Crippen molar-refractivity contribution in [3.8, 4) is 0 Å². The third-order valence-corrected chi connectivity index (χ3v) is 3.82. The Kier molecular flexibility index (Phi) is 4.27. The number of aliphatic hydroxyl groups excluding tert-OH is 1. The predicted molar refractivity (Wildman–Crippen MR) is 75.5 cm³/mol. The second-order valence-corrected chi connectivity index (χ2v) is 5.23. The molecule has 2 atom stereocenters. The number of hydrogen-bond acceptors (Lipinski definition) is 4. The molecule has 6 N–H and O–H groups in total. The van der Waals surface area contributed by atoms with Gasteiger partial charge in [0.2, 0.25) is 0 Å². The molecule has 1 aliphatic rings. The van der Waals surface area contributed by atoms with Gasteiger partial charge in [-0.05, 0) is 42.9 Å². The van der Waals surface area contributed by atoms with Crippen LogP contribution in [-0.2, 0) is 0 Å². The van der Waals surface area contributed by atoms with Gasteiger partial charge in [0.1, 0.15) is 0 Å². The standard InChI is InChI=1S/C14H21N3O2/c15-12-4-11(5-13(16)6-12)14(19)17-7-9-2-1-3-10(9)8-18/h4-6,9-10,18H,1-3,7-8,15-16H2,(H,17,19). The van der Waals surface area contributed by atoms with Gasteiger partial charge in [0.15, 0.2) is 0 Å². The van der Waals surface area contributed by atoms with Gasteiger partial charge in [-0.1, -0.05) is 6.42 Å². The molecule has 1 amide bonds. The molecule has 0 spiro atoms. The Morgan fingerprint density at radius 3 is 2.47 bits per heavy atom. The first kappa shape index (κ1) is 13.7. The van der Waals surface area contributed by atoms with Crippen molar-refractivity contribution in [3.05, 3.63) is 23.8 Å². The number of aliphatic hydroxyl groups is 1. The van der Waals surface area contributed by atoms with Crippen LogP contribution in [0.1, 0.15) is 29.6 Å². The molecule has 0 aromatic heterocycles. The molecule has 0 saturated heterocycles. The van der Waals surface area contributed by atoms with Crippen LogP contribution in [0.5, 0.6) is 0 Å². The largest absolute Gasteiger partial charge is 0.399 e. The lowest BCUT2D eigenvalue weighted by atomic mass is 9.97. The summed E-state index contributed by atoms with van der Waals surface area (Å²) < 4.78 is 0. The Bertz CT molecular complexity index is 442. The molecule has 1 aromatic rings. The van der Waals surface area contributed by atoms with Crippen LogP contribution in [0.2, 0.25) is 0 Å². The van der Waals surface area contributed by atoms with Crippen LogP contribution >= 0.6 is 0 Å². The first-order chi connectivity index (χ1) is 9.10. The fourth-order valence-corrected chi connectivity index (χ4v) is 2.76. The Morgan fingerprint density at radius 2 is 1.84 bits per heavy atom. The number of nitrogen functional groups attached to an aromatic ring is 2. The summed E-state index contributed by atoms with van der Waals surface area (Å²) in [5.74, 6) is 0.515. The van der Waals surface area contributed by atoms with Gasteiger partial charge in [-0.25, -0.2) is 0 Å². The predicted octanol–water partition coefficient (Wildman–Crippen LogP) is 0.989. The molecule has 1 fully saturated rings. The van der Waals surface area contributed by atoms with E-state index in [9.17, 15) is 9.90 Å². The van der Waals surface area contributed by atoms with Crippen molar-refractivity contribution in [2.45, 2.75) is 19.3 Å². The van der Waals surface area contributed by atoms with E-state index in [1.807, 2.05) is 0 Å². The highest BCUT2D eigenvalue weighted by atomic mass is 16.3. The number of benzene rings is 1. The molecule has 5 heteroatoms. The number of carbonyl (C=O) groups excluding carboxylic acids is 1. The Morgan fingerprint density at radius 1 is 1.21 bits per heavy atom. The third-order valence-electron chi connectivity index (χ3n) is 3.82. The summed E-state index contributed by atoms with van der Waals surface area (Å²) in [6.45, 7) is 0.796. The monoisotopic (exact) mass is 263 g/mol. The van der Waals surface area contributed by atoms with E-state index in [0.717, 1.165) is 19.3 Å². The van der Waals surface area contributed by atoms with Gasteiger partial charge in [-0.2, -0.15) is 0 Å². The fourth-order valence-electron chi connectivity index (χ4n) is 2.76. The van der Waals surface area contributed by atoms with Crippen molar-refractivity contribution in [3.63, 3.8) is 0 Å². The maximum absolute atomic E-state index is 12.0. The second kappa shape index (κ2) is 5.93. The summed E-state index contributed by atoms with van der Waals surface area (Å²) in [7, 11) is 0. The highest BCUT2D eigenvalue weighted by molar-refractivity contribution is 5.96. The van der Waals surface area contributed by atoms with Gasteiger partial charge in [-0.3, -0.25) is 4.79 Å². The maximum Gasteiger partial charge on any atom is 0.251 e. The SMILES string of the molecule is Nc1cc(N)cc(C(=O)NCC2CCCC2CO)c1. The molecule has 2 unspecified atom stereocenters. The second-order valence-electron chi connectivity index (χ2n) is 5.23. The summed E-state index contributed by atoms with van der Waals surface area (Å²) >= 11 is 0. The van der Waals surface area contributed by atoms with Gasteiger partial charge in [0.25, 0.3) is 5.91 Å². The number of carbonyl (C=O) groups is 1. The summed E-state index contributed by atoms with van der Waals surface area (Å²) in [4.78, 5) is 12.0. The number of nitrogens with two attached hydrogens (primary N) is 2. The Hall–Kier alpha value is -1.75. The van der Waals surface area contributed by atoms with Crippen molar-refractivity contribution >= 4 is 17.3 Å². The minimum absolute atomic E-state index is 0.164. The lowest BCUT2D eigenvalue weighted by molar-refractivity contribution is 0.0938. The molecule has 1 aromatic carbocycles. The normalized spacial score (nSPS) is 22.4. The molecule has 0 heterocycles. The van der Waals surface area contributed by atoms with E-state index >= 15 is 0 Å². The Balaban J connectivity index is 1.94. The minimum atomic E-state index is -0.164. The molecular weight excluding hydrogens is 242 g/mol. The van der Waals surface area contributed by atoms with E-state index in [0.29, 0.717) is 35.3 Å². The first-order valence-corrected chi connectivity index (χ1v) is 6.65. The zero-order chi connectivity index (χ0) is 13.8. The van der Waals surface area contributed by atoms with Crippen LogP contribution in [0.3, 0.4) is 0 Å². The summed E-state index contributed by atoms with van der Waals surface area (Å²) in [5.41, 5.74) is 12.8. The smallest absolute Gasteiger partial charge is 0.251 e. The third kappa shape index (κ3) is 3.38. The van der Waals surface area contributed by atoms with Gasteiger partial charge < -0.3 is 21.9 Å². The fraction of sp³-hybridized carbons (Fsp3) is 0.500. The van der Waals surface area contributed by atoms with Gasteiger partial charge in [0, 0.05) is 30.1 Å². The van der Waals surface area contributed by atoms with E-state index in [-0.39, 0.29) is 12.5 Å². The zero-order valence-electron chi connectivity index (χ0n) is 10.9. The summed E-state index contributed by atoms with van der Waals surface area (Å²) in [5, 5.41) is 12.1. The zero-order valence-corrected chi connectivity index (χ0v) is 10.9. The number of hydrogen-bond donors (Lipinski definition) is 4. The molecule has 1 saturated carbocycles.